The maximum absolute atomic E-state index is 12.0. The molecule has 0 bridgehead atoms. The fourth-order valence-electron chi connectivity index (χ4n) is 2.22. The summed E-state index contributed by atoms with van der Waals surface area (Å²) in [5.41, 5.74) is 1.24. The van der Waals surface area contributed by atoms with Crippen LogP contribution in [-0.4, -0.2) is 27.7 Å². The van der Waals surface area contributed by atoms with Gasteiger partial charge in [0.2, 0.25) is 0 Å². The number of hydrogen-bond donors (Lipinski definition) is 2. The minimum atomic E-state index is -0.350. The fraction of sp³-hybridized carbons (Fsp3) is 0.118. The highest BCUT2D eigenvalue weighted by Gasteiger charge is 2.06. The topological polar surface area (TPSA) is 81.1 Å². The Morgan fingerprint density at radius 1 is 1.12 bits per heavy atom. The predicted molar refractivity (Wildman–Crippen MR) is 91.7 cm³/mol. The molecule has 0 unspecified atom stereocenters. The number of anilines is 2. The van der Waals surface area contributed by atoms with E-state index in [1.54, 1.807) is 43.8 Å². The van der Waals surface area contributed by atoms with Gasteiger partial charge in [0.05, 0.1) is 19.0 Å². The van der Waals surface area contributed by atoms with Crippen molar-refractivity contribution < 1.29 is 9.53 Å². The van der Waals surface area contributed by atoms with Gasteiger partial charge in [-0.25, -0.2) is 14.8 Å². The molecule has 7 heteroatoms. The number of amides is 2. The Kier molecular flexibility index (Phi) is 4.42. The fourth-order valence-corrected chi connectivity index (χ4v) is 2.22. The van der Waals surface area contributed by atoms with Crippen LogP contribution in [0.15, 0.2) is 55.0 Å². The maximum atomic E-state index is 12.0. The monoisotopic (exact) mass is 323 g/mol. The third-order valence-electron chi connectivity index (χ3n) is 3.41. The molecule has 1 aromatic carbocycles. The Balaban J connectivity index is 1.65. The minimum Gasteiger partial charge on any atom is -0.497 e. The van der Waals surface area contributed by atoms with E-state index in [-0.39, 0.29) is 6.03 Å². The highest BCUT2D eigenvalue weighted by atomic mass is 16.5. The number of pyridine rings is 1. The number of urea groups is 1. The van der Waals surface area contributed by atoms with Gasteiger partial charge < -0.3 is 15.4 Å². The van der Waals surface area contributed by atoms with Crippen molar-refractivity contribution in [3.8, 4) is 11.6 Å². The number of carbonyl (C=O) groups is 1. The number of aryl methyl sites for hydroxylation is 1. The summed E-state index contributed by atoms with van der Waals surface area (Å²) in [5.74, 6) is 2.26. The lowest BCUT2D eigenvalue weighted by Gasteiger charge is -2.09. The molecule has 0 aliphatic heterocycles. The molecule has 122 valence electrons. The number of benzene rings is 1. The summed E-state index contributed by atoms with van der Waals surface area (Å²) in [6, 6.07) is 10.4. The van der Waals surface area contributed by atoms with E-state index in [1.165, 1.54) is 0 Å². The molecule has 0 aliphatic carbocycles. The average Bonchev–Trinajstić information content (AvgIpc) is 3.01. The zero-order chi connectivity index (χ0) is 16.9. The van der Waals surface area contributed by atoms with E-state index < -0.39 is 0 Å². The van der Waals surface area contributed by atoms with E-state index in [1.807, 2.05) is 29.8 Å². The molecule has 0 aliphatic rings. The summed E-state index contributed by atoms with van der Waals surface area (Å²) in [5, 5.41) is 5.48. The number of methoxy groups -OCH3 is 1. The molecule has 0 fully saturated rings. The number of ether oxygens (including phenoxy) is 1. The SMILES string of the molecule is COc1cccc(NC(=O)Nc2ccc(-n3ccnc3C)nc2)c1. The summed E-state index contributed by atoms with van der Waals surface area (Å²) in [4.78, 5) is 20.5. The van der Waals surface area contributed by atoms with Gasteiger partial charge in [-0.05, 0) is 31.2 Å². The molecule has 2 heterocycles. The lowest BCUT2D eigenvalue weighted by molar-refractivity contribution is 0.262. The summed E-state index contributed by atoms with van der Waals surface area (Å²) in [6.07, 6.45) is 5.14. The van der Waals surface area contributed by atoms with Crippen LogP contribution in [0.25, 0.3) is 5.82 Å². The van der Waals surface area contributed by atoms with Gasteiger partial charge in [-0.15, -0.1) is 0 Å². The van der Waals surface area contributed by atoms with Crippen molar-refractivity contribution in [2.45, 2.75) is 6.92 Å². The number of imidazole rings is 1. The molecule has 0 saturated carbocycles. The summed E-state index contributed by atoms with van der Waals surface area (Å²) < 4.78 is 6.98. The highest BCUT2D eigenvalue weighted by Crippen LogP contribution is 2.17. The third kappa shape index (κ3) is 3.52. The molecule has 0 spiro atoms. The van der Waals surface area contributed by atoms with Gasteiger partial charge in [0.15, 0.2) is 0 Å². The number of rotatable bonds is 4. The van der Waals surface area contributed by atoms with Crippen LogP contribution in [0.1, 0.15) is 5.82 Å². The predicted octanol–water partition coefficient (Wildman–Crippen LogP) is 3.23. The zero-order valence-corrected chi connectivity index (χ0v) is 13.4. The standard InChI is InChI=1S/C17H17N5O2/c1-12-18-8-9-22(12)16-7-6-14(11-19-16)21-17(23)20-13-4-3-5-15(10-13)24-2/h3-11H,1-2H3,(H2,20,21,23). The van der Waals surface area contributed by atoms with Crippen LogP contribution in [0.3, 0.4) is 0 Å². The summed E-state index contributed by atoms with van der Waals surface area (Å²) in [7, 11) is 1.58. The molecule has 2 aromatic heterocycles. The number of nitrogens with zero attached hydrogens (tertiary/aromatic N) is 3. The van der Waals surface area contributed by atoms with Gasteiger partial charge >= 0.3 is 6.03 Å². The molecular weight excluding hydrogens is 306 g/mol. The van der Waals surface area contributed by atoms with E-state index in [2.05, 4.69) is 20.6 Å². The molecule has 2 amide bonds. The Hall–Kier alpha value is -3.35. The lowest BCUT2D eigenvalue weighted by Crippen LogP contribution is -2.19. The van der Waals surface area contributed by atoms with Crippen LogP contribution in [0.4, 0.5) is 16.2 Å². The van der Waals surface area contributed by atoms with Crippen LogP contribution >= 0.6 is 0 Å². The van der Waals surface area contributed by atoms with Crippen LogP contribution < -0.4 is 15.4 Å². The van der Waals surface area contributed by atoms with E-state index in [0.717, 1.165) is 11.6 Å². The number of nitrogens with one attached hydrogen (secondary N) is 2. The van der Waals surface area contributed by atoms with Crippen molar-refractivity contribution in [1.29, 1.82) is 0 Å². The Morgan fingerprint density at radius 3 is 2.62 bits per heavy atom. The smallest absolute Gasteiger partial charge is 0.323 e. The van der Waals surface area contributed by atoms with Gasteiger partial charge in [0.25, 0.3) is 0 Å². The second-order valence-electron chi connectivity index (χ2n) is 5.06. The first kappa shape index (κ1) is 15.5. The van der Waals surface area contributed by atoms with Crippen LogP contribution in [0.2, 0.25) is 0 Å². The first-order valence-electron chi connectivity index (χ1n) is 7.34. The van der Waals surface area contributed by atoms with Crippen molar-refractivity contribution in [2.75, 3.05) is 17.7 Å². The second-order valence-corrected chi connectivity index (χ2v) is 5.06. The van der Waals surface area contributed by atoms with Crippen molar-refractivity contribution >= 4 is 17.4 Å². The molecule has 0 saturated heterocycles. The zero-order valence-electron chi connectivity index (χ0n) is 13.4. The van der Waals surface area contributed by atoms with Gasteiger partial charge in [-0.1, -0.05) is 6.07 Å². The third-order valence-corrected chi connectivity index (χ3v) is 3.41. The van der Waals surface area contributed by atoms with Crippen LogP contribution in [-0.2, 0) is 0 Å². The van der Waals surface area contributed by atoms with E-state index in [9.17, 15) is 4.79 Å². The molecule has 24 heavy (non-hydrogen) atoms. The first-order chi connectivity index (χ1) is 11.7. The average molecular weight is 323 g/mol. The van der Waals surface area contributed by atoms with Crippen molar-refractivity contribution in [3.05, 3.63) is 60.8 Å². The van der Waals surface area contributed by atoms with Gasteiger partial charge in [-0.3, -0.25) is 4.57 Å². The molecule has 3 rings (SSSR count). The highest BCUT2D eigenvalue weighted by molar-refractivity contribution is 5.99. The van der Waals surface area contributed by atoms with Gasteiger partial charge in [-0.2, -0.15) is 0 Å². The Labute approximate surface area is 139 Å². The quantitative estimate of drug-likeness (QED) is 0.772. The maximum Gasteiger partial charge on any atom is 0.323 e. The first-order valence-corrected chi connectivity index (χ1v) is 7.34. The normalized spacial score (nSPS) is 10.2. The molecule has 3 aromatic rings. The van der Waals surface area contributed by atoms with Crippen LogP contribution in [0, 0.1) is 6.92 Å². The number of carbonyl (C=O) groups excluding carboxylic acids is 1. The van der Waals surface area contributed by atoms with Crippen molar-refractivity contribution in [3.63, 3.8) is 0 Å². The Morgan fingerprint density at radius 2 is 1.96 bits per heavy atom. The van der Waals surface area contributed by atoms with Crippen LogP contribution in [0.5, 0.6) is 5.75 Å². The van der Waals surface area contributed by atoms with E-state index >= 15 is 0 Å². The number of hydrogen-bond acceptors (Lipinski definition) is 4. The molecule has 0 atom stereocenters. The molecule has 0 radical (unpaired) electrons. The van der Waals surface area contributed by atoms with Crippen molar-refractivity contribution in [1.82, 2.24) is 14.5 Å². The largest absolute Gasteiger partial charge is 0.497 e. The number of aromatic nitrogens is 3. The minimum absolute atomic E-state index is 0.350. The van der Waals surface area contributed by atoms with Gasteiger partial charge in [0.1, 0.15) is 17.4 Å². The van der Waals surface area contributed by atoms with Gasteiger partial charge in [0, 0.05) is 24.1 Å². The van der Waals surface area contributed by atoms with Crippen molar-refractivity contribution in [2.24, 2.45) is 0 Å². The second kappa shape index (κ2) is 6.82. The molecule has 7 nitrogen and oxygen atoms in total. The lowest BCUT2D eigenvalue weighted by atomic mass is 10.3. The molecular formula is C17H17N5O2. The summed E-state index contributed by atoms with van der Waals surface area (Å²) >= 11 is 0. The molecule has 2 N–H and O–H groups in total. The summed E-state index contributed by atoms with van der Waals surface area (Å²) in [6.45, 7) is 1.90. The Bertz CT molecular complexity index is 842. The van der Waals surface area contributed by atoms with E-state index in [0.29, 0.717) is 17.1 Å². The van der Waals surface area contributed by atoms with E-state index in [4.69, 9.17) is 4.74 Å².